The van der Waals surface area contributed by atoms with Crippen LogP contribution in [0.5, 0.6) is 0 Å². The zero-order chi connectivity index (χ0) is 22.2. The van der Waals surface area contributed by atoms with Crippen LogP contribution in [0.3, 0.4) is 0 Å². The Morgan fingerprint density at radius 3 is 2.52 bits per heavy atom. The van der Waals surface area contributed by atoms with Gasteiger partial charge in [0, 0.05) is 56.7 Å². The van der Waals surface area contributed by atoms with Gasteiger partial charge in [-0.3, -0.25) is 9.59 Å². The summed E-state index contributed by atoms with van der Waals surface area (Å²) in [6, 6.07) is 12.3. The highest BCUT2D eigenvalue weighted by molar-refractivity contribution is 5.96. The first-order chi connectivity index (χ1) is 15.0. The van der Waals surface area contributed by atoms with Gasteiger partial charge in [-0.25, -0.2) is 0 Å². The van der Waals surface area contributed by atoms with E-state index in [2.05, 4.69) is 28.9 Å². The zero-order valence-electron chi connectivity index (χ0n) is 19.0. The summed E-state index contributed by atoms with van der Waals surface area (Å²) in [5.74, 6) is 0.161. The van der Waals surface area contributed by atoms with Crippen molar-refractivity contribution < 1.29 is 14.3 Å². The molecule has 31 heavy (non-hydrogen) atoms. The summed E-state index contributed by atoms with van der Waals surface area (Å²) in [6.07, 6.45) is 2.26. The van der Waals surface area contributed by atoms with E-state index in [1.165, 1.54) is 5.56 Å². The van der Waals surface area contributed by atoms with Gasteiger partial charge in [0.1, 0.15) is 0 Å². The molecule has 1 N–H and O–H groups in total. The number of amides is 2. The van der Waals surface area contributed by atoms with E-state index in [0.717, 1.165) is 29.9 Å². The Balaban J connectivity index is 1.54. The number of likely N-dealkylation sites (tertiary alicyclic amines) is 1. The largest absolute Gasteiger partial charge is 0.382 e. The number of aryl methyl sites for hydroxylation is 1. The van der Waals surface area contributed by atoms with Crippen molar-refractivity contribution in [2.75, 3.05) is 32.8 Å². The summed E-state index contributed by atoms with van der Waals surface area (Å²) in [4.78, 5) is 27.5. The molecule has 1 fully saturated rings. The minimum atomic E-state index is -0.0124. The lowest BCUT2D eigenvalue weighted by molar-refractivity contribution is -0.126. The van der Waals surface area contributed by atoms with Gasteiger partial charge >= 0.3 is 0 Å². The van der Waals surface area contributed by atoms with Crippen molar-refractivity contribution >= 4 is 11.8 Å². The summed E-state index contributed by atoms with van der Waals surface area (Å²) in [7, 11) is 0. The first-order valence-electron chi connectivity index (χ1n) is 11.4. The van der Waals surface area contributed by atoms with Crippen LogP contribution in [-0.2, 0) is 16.1 Å². The molecule has 2 aromatic rings. The van der Waals surface area contributed by atoms with Crippen molar-refractivity contribution in [3.63, 3.8) is 0 Å². The molecule has 6 nitrogen and oxygen atoms in total. The van der Waals surface area contributed by atoms with Gasteiger partial charge < -0.3 is 19.5 Å². The SMILES string of the molecule is CCOCCCNC(=O)C1CCN(C(=O)c2cc(C)n(Cc3ccccc3)c2C)CC1. The Morgan fingerprint density at radius 1 is 1.13 bits per heavy atom. The fourth-order valence-electron chi connectivity index (χ4n) is 4.22. The number of nitrogens with one attached hydrogen (secondary N) is 1. The number of rotatable bonds is 9. The van der Waals surface area contributed by atoms with Crippen LogP contribution in [0.2, 0.25) is 0 Å². The molecule has 1 saturated heterocycles. The van der Waals surface area contributed by atoms with E-state index in [9.17, 15) is 9.59 Å². The maximum Gasteiger partial charge on any atom is 0.255 e. The summed E-state index contributed by atoms with van der Waals surface area (Å²) in [5.41, 5.74) is 4.08. The maximum atomic E-state index is 13.2. The average Bonchev–Trinajstić information content (AvgIpc) is 3.07. The Morgan fingerprint density at radius 2 is 1.84 bits per heavy atom. The van der Waals surface area contributed by atoms with Crippen LogP contribution >= 0.6 is 0 Å². The van der Waals surface area contributed by atoms with Crippen LogP contribution in [0.1, 0.15) is 53.5 Å². The van der Waals surface area contributed by atoms with Crippen molar-refractivity contribution in [1.82, 2.24) is 14.8 Å². The third kappa shape index (κ3) is 5.97. The van der Waals surface area contributed by atoms with Crippen molar-refractivity contribution in [3.05, 3.63) is 58.9 Å². The molecule has 0 atom stereocenters. The molecule has 6 heteroatoms. The van der Waals surface area contributed by atoms with Crippen LogP contribution in [0.4, 0.5) is 0 Å². The summed E-state index contributed by atoms with van der Waals surface area (Å²) in [6.45, 7) is 10.1. The summed E-state index contributed by atoms with van der Waals surface area (Å²) < 4.78 is 7.50. The second-order valence-corrected chi connectivity index (χ2v) is 8.26. The molecule has 0 aliphatic carbocycles. The van der Waals surface area contributed by atoms with Crippen LogP contribution < -0.4 is 5.32 Å². The minimum Gasteiger partial charge on any atom is -0.382 e. The van der Waals surface area contributed by atoms with E-state index in [0.29, 0.717) is 45.7 Å². The zero-order valence-corrected chi connectivity index (χ0v) is 19.0. The first kappa shape index (κ1) is 23.1. The van der Waals surface area contributed by atoms with Crippen molar-refractivity contribution in [3.8, 4) is 0 Å². The molecular formula is C25H35N3O3. The van der Waals surface area contributed by atoms with E-state index in [4.69, 9.17) is 4.74 Å². The number of hydrogen-bond donors (Lipinski definition) is 1. The highest BCUT2D eigenvalue weighted by atomic mass is 16.5. The molecule has 1 aliphatic rings. The second-order valence-electron chi connectivity index (χ2n) is 8.26. The molecule has 1 aliphatic heterocycles. The molecule has 2 amide bonds. The van der Waals surface area contributed by atoms with Crippen LogP contribution in [0.15, 0.2) is 36.4 Å². The van der Waals surface area contributed by atoms with Crippen molar-refractivity contribution in [2.45, 2.75) is 46.6 Å². The fraction of sp³-hybridized carbons (Fsp3) is 0.520. The monoisotopic (exact) mass is 425 g/mol. The number of nitrogens with zero attached hydrogens (tertiary/aromatic N) is 2. The molecule has 0 bridgehead atoms. The van der Waals surface area contributed by atoms with E-state index in [1.807, 2.05) is 43.0 Å². The van der Waals surface area contributed by atoms with E-state index < -0.39 is 0 Å². The smallest absolute Gasteiger partial charge is 0.255 e. The van der Waals surface area contributed by atoms with Gasteiger partial charge in [-0.2, -0.15) is 0 Å². The molecule has 3 rings (SSSR count). The number of ether oxygens (including phenoxy) is 1. The van der Waals surface area contributed by atoms with Gasteiger partial charge in [-0.05, 0) is 51.7 Å². The average molecular weight is 426 g/mol. The Labute approximate surface area is 185 Å². The molecule has 1 aromatic heterocycles. The van der Waals surface area contributed by atoms with Gasteiger partial charge in [0.2, 0.25) is 5.91 Å². The molecule has 0 spiro atoms. The minimum absolute atomic E-state index is 0.0124. The molecular weight excluding hydrogens is 390 g/mol. The third-order valence-electron chi connectivity index (χ3n) is 6.11. The van der Waals surface area contributed by atoms with Crippen LogP contribution in [-0.4, -0.2) is 54.1 Å². The lowest BCUT2D eigenvalue weighted by atomic mass is 9.95. The van der Waals surface area contributed by atoms with Gasteiger partial charge in [0.15, 0.2) is 0 Å². The van der Waals surface area contributed by atoms with Gasteiger partial charge in [0.05, 0.1) is 5.56 Å². The standard InChI is InChI=1S/C25H35N3O3/c1-4-31-16-8-13-26-24(29)22-11-14-27(15-12-22)25(30)23-17-19(2)28(20(23)3)18-21-9-6-5-7-10-21/h5-7,9-10,17,22H,4,8,11-16,18H2,1-3H3,(H,26,29). The number of aromatic nitrogens is 1. The number of carbonyl (C=O) groups is 2. The number of hydrogen-bond acceptors (Lipinski definition) is 3. The summed E-state index contributed by atoms with van der Waals surface area (Å²) >= 11 is 0. The molecule has 0 radical (unpaired) electrons. The maximum absolute atomic E-state index is 13.2. The lowest BCUT2D eigenvalue weighted by Crippen LogP contribution is -2.43. The fourth-order valence-corrected chi connectivity index (χ4v) is 4.22. The predicted octanol–water partition coefficient (Wildman–Crippen LogP) is 3.55. The summed E-state index contributed by atoms with van der Waals surface area (Å²) in [5, 5.41) is 3.00. The Kier molecular flexibility index (Phi) is 8.29. The highest BCUT2D eigenvalue weighted by Gasteiger charge is 2.29. The topological polar surface area (TPSA) is 63.6 Å². The van der Waals surface area contributed by atoms with E-state index in [1.54, 1.807) is 0 Å². The second kappa shape index (κ2) is 11.1. The van der Waals surface area contributed by atoms with Crippen LogP contribution in [0.25, 0.3) is 0 Å². The van der Waals surface area contributed by atoms with Crippen molar-refractivity contribution in [1.29, 1.82) is 0 Å². The quantitative estimate of drug-likeness (QED) is 0.625. The Bertz CT molecular complexity index is 868. The number of piperidine rings is 1. The molecule has 2 heterocycles. The predicted molar refractivity (Wildman–Crippen MR) is 122 cm³/mol. The molecule has 0 saturated carbocycles. The first-order valence-corrected chi connectivity index (χ1v) is 11.4. The number of carbonyl (C=O) groups excluding carboxylic acids is 2. The van der Waals surface area contributed by atoms with Crippen molar-refractivity contribution in [2.24, 2.45) is 5.92 Å². The van der Waals surface area contributed by atoms with Gasteiger partial charge in [-0.15, -0.1) is 0 Å². The molecule has 1 aromatic carbocycles. The highest BCUT2D eigenvalue weighted by Crippen LogP contribution is 2.23. The van der Waals surface area contributed by atoms with Gasteiger partial charge in [0.25, 0.3) is 5.91 Å². The normalized spacial score (nSPS) is 14.6. The third-order valence-corrected chi connectivity index (χ3v) is 6.11. The molecule has 168 valence electrons. The number of benzene rings is 1. The Hall–Kier alpha value is -2.60. The van der Waals surface area contributed by atoms with Gasteiger partial charge in [-0.1, -0.05) is 30.3 Å². The molecule has 0 unspecified atom stereocenters. The van der Waals surface area contributed by atoms with E-state index in [-0.39, 0.29) is 17.7 Å². The van der Waals surface area contributed by atoms with Crippen LogP contribution in [0, 0.1) is 19.8 Å². The van der Waals surface area contributed by atoms with E-state index >= 15 is 0 Å². The lowest BCUT2D eigenvalue weighted by Gasteiger charge is -2.31.